The molecule has 0 radical (unpaired) electrons. The highest BCUT2D eigenvalue weighted by Gasteiger charge is 2.21. The van der Waals surface area contributed by atoms with Crippen molar-refractivity contribution in [2.24, 2.45) is 0 Å². The van der Waals surface area contributed by atoms with E-state index in [-0.39, 0.29) is 42.3 Å². The molecule has 8 nitrogen and oxygen atoms in total. The standard InChI is InChI=1S/C31H27F3N2O6/c1-3-29(31(37)38)42-30-16-24(13-14-25(30)33)41-23-11-7-20(8-12-23)17-35(18-21-9-10-22(32)15-26(21)34)27-5-4-6-28(19(27)2)36(39)40/h4-16,29H,3,17-18H2,1-2H3,(H,37,38). The zero-order valence-electron chi connectivity index (χ0n) is 22.7. The quantitative estimate of drug-likeness (QED) is 0.136. The Bertz CT molecular complexity index is 1600. The van der Waals surface area contributed by atoms with E-state index < -0.39 is 34.4 Å². The highest BCUT2D eigenvalue weighted by atomic mass is 19.1. The van der Waals surface area contributed by atoms with E-state index >= 15 is 0 Å². The molecule has 11 heteroatoms. The zero-order chi connectivity index (χ0) is 30.4. The van der Waals surface area contributed by atoms with Gasteiger partial charge in [0.15, 0.2) is 17.7 Å². The van der Waals surface area contributed by atoms with E-state index in [1.807, 2.05) is 0 Å². The minimum atomic E-state index is -1.21. The minimum absolute atomic E-state index is 0.0137. The van der Waals surface area contributed by atoms with E-state index in [1.54, 1.807) is 55.1 Å². The van der Waals surface area contributed by atoms with Crippen molar-refractivity contribution in [3.05, 3.63) is 123 Å². The second-order valence-electron chi connectivity index (χ2n) is 9.46. The van der Waals surface area contributed by atoms with E-state index in [4.69, 9.17) is 9.47 Å². The molecule has 1 atom stereocenters. The predicted molar refractivity (Wildman–Crippen MR) is 149 cm³/mol. The van der Waals surface area contributed by atoms with Gasteiger partial charge in [0.1, 0.15) is 23.1 Å². The fourth-order valence-electron chi connectivity index (χ4n) is 4.35. The molecule has 4 rings (SSSR count). The summed E-state index contributed by atoms with van der Waals surface area (Å²) in [4.78, 5) is 24.1. The van der Waals surface area contributed by atoms with Crippen molar-refractivity contribution >= 4 is 17.3 Å². The molecule has 0 bridgehead atoms. The number of ether oxygens (including phenoxy) is 2. The third-order valence-electron chi connectivity index (χ3n) is 6.54. The molecular weight excluding hydrogens is 553 g/mol. The molecule has 0 aliphatic heterocycles. The molecule has 4 aromatic rings. The van der Waals surface area contributed by atoms with Gasteiger partial charge in [-0.3, -0.25) is 10.1 Å². The molecule has 0 saturated heterocycles. The van der Waals surface area contributed by atoms with Crippen LogP contribution in [0.4, 0.5) is 24.5 Å². The van der Waals surface area contributed by atoms with Crippen LogP contribution in [-0.2, 0) is 17.9 Å². The van der Waals surface area contributed by atoms with Gasteiger partial charge in [-0.15, -0.1) is 0 Å². The summed E-state index contributed by atoms with van der Waals surface area (Å²) in [6.45, 7) is 3.45. The first-order valence-electron chi connectivity index (χ1n) is 12.9. The average molecular weight is 581 g/mol. The summed E-state index contributed by atoms with van der Waals surface area (Å²) >= 11 is 0. The number of carbonyl (C=O) groups is 1. The van der Waals surface area contributed by atoms with Gasteiger partial charge in [0, 0.05) is 42.5 Å². The van der Waals surface area contributed by atoms with E-state index in [2.05, 4.69) is 0 Å². The van der Waals surface area contributed by atoms with Crippen LogP contribution in [0, 0.1) is 34.5 Å². The summed E-state index contributed by atoms with van der Waals surface area (Å²) in [5, 5.41) is 20.8. The molecule has 0 aromatic heterocycles. The number of nitrogens with zero attached hydrogens (tertiary/aromatic N) is 2. The number of aliphatic carboxylic acids is 1. The summed E-state index contributed by atoms with van der Waals surface area (Å²) < 4.78 is 53.4. The lowest BCUT2D eigenvalue weighted by atomic mass is 10.1. The summed E-state index contributed by atoms with van der Waals surface area (Å²) in [6.07, 6.45) is -1.07. The van der Waals surface area contributed by atoms with Crippen LogP contribution in [0.3, 0.4) is 0 Å². The predicted octanol–water partition coefficient (Wildman–Crippen LogP) is 7.56. The number of carboxylic acids is 1. The van der Waals surface area contributed by atoms with Crippen molar-refractivity contribution in [2.45, 2.75) is 39.5 Å². The number of benzene rings is 4. The molecule has 0 heterocycles. The molecular formula is C31H27F3N2O6. The Morgan fingerprint density at radius 1 is 0.952 bits per heavy atom. The SMILES string of the molecule is CCC(Oc1cc(Oc2ccc(CN(Cc3ccc(F)cc3F)c3cccc([N+](=O)[O-])c3C)cc2)ccc1F)C(=O)O. The van der Waals surface area contributed by atoms with E-state index in [1.165, 1.54) is 24.3 Å². The molecule has 218 valence electrons. The summed E-state index contributed by atoms with van der Waals surface area (Å²) in [5.74, 6) is -3.03. The highest BCUT2D eigenvalue weighted by molar-refractivity contribution is 5.72. The Labute approximate surface area is 239 Å². The number of nitro benzene ring substituents is 1. The summed E-state index contributed by atoms with van der Waals surface area (Å²) in [6, 6.07) is 18.5. The molecule has 0 aliphatic carbocycles. The highest BCUT2D eigenvalue weighted by Crippen LogP contribution is 2.32. The molecule has 4 aromatic carbocycles. The van der Waals surface area contributed by atoms with Crippen LogP contribution in [0.5, 0.6) is 17.2 Å². The number of hydrogen-bond acceptors (Lipinski definition) is 6. The maximum absolute atomic E-state index is 14.6. The first-order chi connectivity index (χ1) is 20.0. The van der Waals surface area contributed by atoms with Crippen molar-refractivity contribution in [1.82, 2.24) is 0 Å². The number of hydrogen-bond donors (Lipinski definition) is 1. The fraction of sp³-hybridized carbons (Fsp3) is 0.194. The first kappa shape index (κ1) is 29.9. The van der Waals surface area contributed by atoms with Gasteiger partial charge in [-0.05, 0) is 55.3 Å². The fourth-order valence-corrected chi connectivity index (χ4v) is 4.35. The Morgan fingerprint density at radius 3 is 2.31 bits per heavy atom. The lowest BCUT2D eigenvalue weighted by Gasteiger charge is -2.27. The van der Waals surface area contributed by atoms with Gasteiger partial charge in [0.2, 0.25) is 0 Å². The Hall–Kier alpha value is -5.06. The smallest absolute Gasteiger partial charge is 0.344 e. The van der Waals surface area contributed by atoms with Crippen LogP contribution < -0.4 is 14.4 Å². The number of rotatable bonds is 12. The van der Waals surface area contributed by atoms with Crippen molar-refractivity contribution < 1.29 is 37.5 Å². The maximum Gasteiger partial charge on any atom is 0.344 e. The van der Waals surface area contributed by atoms with Crippen LogP contribution in [0.1, 0.15) is 30.0 Å². The normalized spacial score (nSPS) is 11.5. The van der Waals surface area contributed by atoms with Gasteiger partial charge in [-0.1, -0.05) is 31.2 Å². The molecule has 0 amide bonds. The molecule has 0 saturated carbocycles. The van der Waals surface area contributed by atoms with Crippen LogP contribution in [-0.4, -0.2) is 22.1 Å². The molecule has 0 spiro atoms. The number of nitro groups is 1. The van der Waals surface area contributed by atoms with Crippen LogP contribution in [0.15, 0.2) is 78.9 Å². The number of anilines is 1. The topological polar surface area (TPSA) is 102 Å². The van der Waals surface area contributed by atoms with Crippen LogP contribution in [0.2, 0.25) is 0 Å². The molecule has 1 N–H and O–H groups in total. The zero-order valence-corrected chi connectivity index (χ0v) is 22.7. The van der Waals surface area contributed by atoms with Gasteiger partial charge in [0.05, 0.1) is 10.5 Å². The number of carboxylic acid groups (broad SMARTS) is 1. The Balaban J connectivity index is 1.57. The largest absolute Gasteiger partial charge is 0.479 e. The van der Waals surface area contributed by atoms with Gasteiger partial charge in [-0.25, -0.2) is 18.0 Å². The Morgan fingerprint density at radius 2 is 1.67 bits per heavy atom. The Kier molecular flexibility index (Phi) is 9.31. The van der Waals surface area contributed by atoms with Gasteiger partial charge in [0.25, 0.3) is 5.69 Å². The molecule has 42 heavy (non-hydrogen) atoms. The van der Waals surface area contributed by atoms with Gasteiger partial charge in [-0.2, -0.15) is 0 Å². The first-order valence-corrected chi connectivity index (χ1v) is 12.9. The monoisotopic (exact) mass is 580 g/mol. The third kappa shape index (κ3) is 7.17. The molecule has 1 unspecified atom stereocenters. The average Bonchev–Trinajstić information content (AvgIpc) is 2.95. The van der Waals surface area contributed by atoms with Crippen LogP contribution in [0.25, 0.3) is 0 Å². The second kappa shape index (κ2) is 13.1. The summed E-state index contributed by atoms with van der Waals surface area (Å²) in [5.41, 5.74) is 1.79. The van der Waals surface area contributed by atoms with Gasteiger partial charge >= 0.3 is 5.97 Å². The van der Waals surface area contributed by atoms with Crippen molar-refractivity contribution in [2.75, 3.05) is 4.90 Å². The van der Waals surface area contributed by atoms with Crippen molar-refractivity contribution in [3.63, 3.8) is 0 Å². The lowest BCUT2D eigenvalue weighted by Crippen LogP contribution is -2.26. The molecule has 0 aliphatic rings. The van der Waals surface area contributed by atoms with Crippen molar-refractivity contribution in [3.8, 4) is 17.2 Å². The number of halogens is 3. The van der Waals surface area contributed by atoms with E-state index in [0.29, 0.717) is 17.0 Å². The van der Waals surface area contributed by atoms with Crippen molar-refractivity contribution in [1.29, 1.82) is 0 Å². The minimum Gasteiger partial charge on any atom is -0.479 e. The second-order valence-corrected chi connectivity index (χ2v) is 9.46. The summed E-state index contributed by atoms with van der Waals surface area (Å²) in [7, 11) is 0. The van der Waals surface area contributed by atoms with Gasteiger partial charge < -0.3 is 19.5 Å². The molecule has 0 fully saturated rings. The lowest BCUT2D eigenvalue weighted by molar-refractivity contribution is -0.385. The van der Waals surface area contributed by atoms with E-state index in [9.17, 15) is 33.2 Å². The maximum atomic E-state index is 14.6. The third-order valence-corrected chi connectivity index (χ3v) is 6.54. The van der Waals surface area contributed by atoms with Crippen LogP contribution >= 0.6 is 0 Å². The van der Waals surface area contributed by atoms with E-state index in [0.717, 1.165) is 23.8 Å².